The van der Waals surface area contributed by atoms with Crippen molar-refractivity contribution in [1.82, 2.24) is 14.9 Å². The minimum absolute atomic E-state index is 0.0507. The average Bonchev–Trinajstić information content (AvgIpc) is 3.30. The van der Waals surface area contributed by atoms with Crippen LogP contribution in [0.5, 0.6) is 11.5 Å². The Kier molecular flexibility index (Phi) is 4.49. The Hall–Kier alpha value is -2.55. The molecule has 0 spiro atoms. The van der Waals surface area contributed by atoms with Crippen LogP contribution < -0.4 is 9.47 Å². The van der Waals surface area contributed by atoms with Gasteiger partial charge in [0.25, 0.3) is 0 Å². The van der Waals surface area contributed by atoms with Gasteiger partial charge in [-0.15, -0.1) is 10.2 Å². The predicted octanol–water partition coefficient (Wildman–Crippen LogP) is 5.16. The first kappa shape index (κ1) is 18.5. The molecule has 2 aliphatic heterocycles. The fourth-order valence-electron chi connectivity index (χ4n) is 2.96. The zero-order valence-corrected chi connectivity index (χ0v) is 17.1. The minimum atomic E-state index is -0.576. The number of allylic oxidation sites excluding steroid dienone is 1. The molecule has 0 amide bonds. The van der Waals surface area contributed by atoms with Gasteiger partial charge in [-0.25, -0.2) is 4.39 Å². The van der Waals surface area contributed by atoms with Crippen LogP contribution >= 0.6 is 35.0 Å². The van der Waals surface area contributed by atoms with Crippen LogP contribution in [0.4, 0.5) is 4.39 Å². The molecule has 3 heterocycles. The Labute approximate surface area is 178 Å². The molecule has 2 aliphatic rings. The van der Waals surface area contributed by atoms with Crippen LogP contribution in [-0.2, 0) is 0 Å². The van der Waals surface area contributed by atoms with E-state index in [9.17, 15) is 4.39 Å². The van der Waals surface area contributed by atoms with Crippen LogP contribution in [0, 0.1) is 12.7 Å². The number of rotatable bonds is 2. The number of thioether (sulfide) groups is 1. The van der Waals surface area contributed by atoms with E-state index in [1.54, 1.807) is 11.6 Å². The highest BCUT2D eigenvalue weighted by Crippen LogP contribution is 2.39. The summed E-state index contributed by atoms with van der Waals surface area (Å²) >= 11 is 13.6. The van der Waals surface area contributed by atoms with Gasteiger partial charge >= 0.3 is 0 Å². The molecule has 1 aromatic heterocycles. The van der Waals surface area contributed by atoms with E-state index in [4.69, 9.17) is 32.7 Å². The second kappa shape index (κ2) is 7.05. The molecule has 3 aromatic rings. The Morgan fingerprint density at radius 3 is 2.79 bits per heavy atom. The van der Waals surface area contributed by atoms with Crippen LogP contribution in [0.15, 0.2) is 45.5 Å². The molecular formula is C19H11Cl2FN4O2S. The summed E-state index contributed by atoms with van der Waals surface area (Å²) in [6, 6.07) is 8.24. The summed E-state index contributed by atoms with van der Waals surface area (Å²) in [6.45, 7) is 1.98. The number of hydrogen-bond acceptors (Lipinski definition) is 6. The van der Waals surface area contributed by atoms with Crippen molar-refractivity contribution in [2.24, 2.45) is 5.10 Å². The highest BCUT2D eigenvalue weighted by molar-refractivity contribution is 8.04. The van der Waals surface area contributed by atoms with Crippen LogP contribution in [0.3, 0.4) is 0 Å². The van der Waals surface area contributed by atoms with Crippen LogP contribution in [0.1, 0.15) is 17.0 Å². The van der Waals surface area contributed by atoms with Crippen LogP contribution in [-0.4, -0.2) is 27.4 Å². The summed E-state index contributed by atoms with van der Waals surface area (Å²) < 4.78 is 26.6. The maximum Gasteiger partial charge on any atom is 0.231 e. The van der Waals surface area contributed by atoms with Crippen molar-refractivity contribution in [2.45, 2.75) is 12.1 Å². The van der Waals surface area contributed by atoms with Crippen molar-refractivity contribution < 1.29 is 13.9 Å². The van der Waals surface area contributed by atoms with Crippen molar-refractivity contribution in [3.63, 3.8) is 0 Å². The first-order valence-electron chi connectivity index (χ1n) is 8.45. The fourth-order valence-corrected chi connectivity index (χ4v) is 4.41. The zero-order chi connectivity index (χ0) is 20.1. The number of fused-ring (bicyclic) bond motifs is 2. The topological polar surface area (TPSA) is 61.5 Å². The Balaban J connectivity index is 1.67. The molecule has 0 unspecified atom stereocenters. The summed E-state index contributed by atoms with van der Waals surface area (Å²) in [5, 5.41) is 13.7. The standard InChI is InChI=1S/C19H11Cl2FN4O2S/c1-9-23-24-19-26(9)25-18(11-6-14(22)13(21)7-12(11)20)17(29-19)5-10-2-3-15-16(4-10)28-8-27-15/h2-7H,8H2,1H3. The molecule has 5 rings (SSSR count). The van der Waals surface area contributed by atoms with Gasteiger partial charge in [0, 0.05) is 10.5 Å². The summed E-state index contributed by atoms with van der Waals surface area (Å²) in [4.78, 5) is 0.729. The lowest BCUT2D eigenvalue weighted by molar-refractivity contribution is 0.174. The minimum Gasteiger partial charge on any atom is -0.454 e. The molecular weight excluding hydrogens is 438 g/mol. The van der Waals surface area contributed by atoms with Gasteiger partial charge in [-0.2, -0.15) is 9.78 Å². The van der Waals surface area contributed by atoms with Crippen molar-refractivity contribution in [1.29, 1.82) is 0 Å². The number of nitrogens with zero attached hydrogens (tertiary/aromatic N) is 4. The van der Waals surface area contributed by atoms with E-state index in [0.717, 1.165) is 10.5 Å². The molecule has 0 bridgehead atoms. The molecule has 0 radical (unpaired) electrons. The SMILES string of the molecule is Cc1nnc2n1N=C(c1cc(F)c(Cl)cc1Cl)C(=Cc1ccc3c(c1)OCO3)S2. The Morgan fingerprint density at radius 2 is 1.93 bits per heavy atom. The average molecular weight is 449 g/mol. The van der Waals surface area contributed by atoms with Crippen LogP contribution in [0.2, 0.25) is 10.0 Å². The summed E-state index contributed by atoms with van der Waals surface area (Å²) in [6.07, 6.45) is 1.90. The van der Waals surface area contributed by atoms with E-state index in [-0.39, 0.29) is 11.8 Å². The number of benzene rings is 2. The molecule has 2 aromatic carbocycles. The molecule has 0 N–H and O–H groups in total. The van der Waals surface area contributed by atoms with Gasteiger partial charge < -0.3 is 9.47 Å². The number of hydrogen-bond donors (Lipinski definition) is 0. The molecule has 0 fully saturated rings. The molecule has 0 saturated carbocycles. The molecule has 6 nitrogen and oxygen atoms in total. The van der Waals surface area contributed by atoms with E-state index in [2.05, 4.69) is 15.3 Å². The lowest BCUT2D eigenvalue weighted by Gasteiger charge is -2.18. The normalized spacial score (nSPS) is 16.1. The number of ether oxygens (including phenoxy) is 2. The molecule has 0 saturated heterocycles. The van der Waals surface area contributed by atoms with Crippen molar-refractivity contribution >= 4 is 46.8 Å². The molecule has 146 valence electrons. The smallest absolute Gasteiger partial charge is 0.231 e. The summed E-state index contributed by atoms with van der Waals surface area (Å²) in [7, 11) is 0. The van der Waals surface area contributed by atoms with Gasteiger partial charge in [-0.05, 0) is 54.6 Å². The number of aromatic nitrogens is 3. The highest BCUT2D eigenvalue weighted by Gasteiger charge is 2.26. The van der Waals surface area contributed by atoms with Gasteiger partial charge in [-0.3, -0.25) is 0 Å². The zero-order valence-electron chi connectivity index (χ0n) is 14.8. The third kappa shape index (κ3) is 3.27. The van der Waals surface area contributed by atoms with E-state index < -0.39 is 5.82 Å². The lowest BCUT2D eigenvalue weighted by Crippen LogP contribution is -2.13. The first-order chi connectivity index (χ1) is 14.0. The Morgan fingerprint density at radius 1 is 1.10 bits per heavy atom. The van der Waals surface area contributed by atoms with Gasteiger partial charge in [0.2, 0.25) is 11.9 Å². The van der Waals surface area contributed by atoms with Crippen molar-refractivity contribution in [3.05, 3.63) is 68.1 Å². The maximum absolute atomic E-state index is 14.2. The number of aryl methyl sites for hydroxylation is 1. The molecule has 0 aliphatic carbocycles. The highest BCUT2D eigenvalue weighted by atomic mass is 35.5. The van der Waals surface area contributed by atoms with Gasteiger partial charge in [-0.1, -0.05) is 29.3 Å². The third-order valence-electron chi connectivity index (χ3n) is 4.36. The molecule has 29 heavy (non-hydrogen) atoms. The second-order valence-corrected chi connectivity index (χ2v) is 8.08. The second-order valence-electron chi connectivity index (χ2n) is 6.26. The monoisotopic (exact) mass is 448 g/mol. The van der Waals surface area contributed by atoms with Gasteiger partial charge in [0.1, 0.15) is 11.5 Å². The maximum atomic E-state index is 14.2. The fraction of sp³-hybridized carbons (Fsp3) is 0.105. The summed E-state index contributed by atoms with van der Waals surface area (Å²) in [5.41, 5.74) is 1.77. The largest absolute Gasteiger partial charge is 0.454 e. The van der Waals surface area contributed by atoms with E-state index >= 15 is 0 Å². The van der Waals surface area contributed by atoms with E-state index in [0.29, 0.717) is 38.8 Å². The molecule has 0 atom stereocenters. The van der Waals surface area contributed by atoms with Crippen molar-refractivity contribution in [2.75, 3.05) is 6.79 Å². The third-order valence-corrected chi connectivity index (χ3v) is 5.93. The van der Waals surface area contributed by atoms with Crippen LogP contribution in [0.25, 0.3) is 6.08 Å². The number of halogens is 3. The quantitative estimate of drug-likeness (QED) is 0.506. The first-order valence-corrected chi connectivity index (χ1v) is 10.0. The predicted molar refractivity (Wildman–Crippen MR) is 110 cm³/mol. The van der Waals surface area contributed by atoms with Crippen molar-refractivity contribution in [3.8, 4) is 11.5 Å². The van der Waals surface area contributed by atoms with Gasteiger partial charge in [0.05, 0.1) is 10.0 Å². The summed E-state index contributed by atoms with van der Waals surface area (Å²) in [5.74, 6) is 1.38. The van der Waals surface area contributed by atoms with E-state index in [1.807, 2.05) is 24.3 Å². The van der Waals surface area contributed by atoms with E-state index in [1.165, 1.54) is 23.9 Å². The van der Waals surface area contributed by atoms with Gasteiger partial charge in [0.15, 0.2) is 17.3 Å². The lowest BCUT2D eigenvalue weighted by atomic mass is 10.1. The molecule has 10 heteroatoms. The Bertz CT molecular complexity index is 1230.